The molecule has 3 rings (SSSR count). The molecule has 1 aromatic rings. The highest BCUT2D eigenvalue weighted by molar-refractivity contribution is 6.03. The molecule has 0 radical (unpaired) electrons. The number of ether oxygens (including phenoxy) is 3. The van der Waals surface area contributed by atoms with Crippen LogP contribution in [-0.2, 0) is 11.2 Å². The van der Waals surface area contributed by atoms with Gasteiger partial charge < -0.3 is 14.2 Å². The first-order chi connectivity index (χ1) is 11.5. The molecule has 0 spiro atoms. The van der Waals surface area contributed by atoms with E-state index in [2.05, 4.69) is 30.9 Å². The van der Waals surface area contributed by atoms with E-state index >= 15 is 0 Å². The molecule has 5 nitrogen and oxygen atoms in total. The molecule has 2 aliphatic heterocycles. The maximum absolute atomic E-state index is 5.49. The molecule has 0 atom stereocenters. The van der Waals surface area contributed by atoms with Crippen LogP contribution in [0.25, 0.3) is 0 Å². The van der Waals surface area contributed by atoms with Gasteiger partial charge in [0.15, 0.2) is 11.5 Å². The van der Waals surface area contributed by atoms with Gasteiger partial charge in [0.2, 0.25) is 0 Å². The summed E-state index contributed by atoms with van der Waals surface area (Å²) in [7, 11) is 3.37. The summed E-state index contributed by atoms with van der Waals surface area (Å²) in [5, 5.41) is 0. The molecule has 0 aromatic heterocycles. The predicted molar refractivity (Wildman–Crippen MR) is 95.7 cm³/mol. The summed E-state index contributed by atoms with van der Waals surface area (Å²) in [4.78, 5) is 7.49. The van der Waals surface area contributed by atoms with E-state index in [0.717, 1.165) is 57.2 Å². The van der Waals surface area contributed by atoms with Crippen molar-refractivity contribution < 1.29 is 14.2 Å². The van der Waals surface area contributed by atoms with Crippen LogP contribution in [-0.4, -0.2) is 63.2 Å². The van der Waals surface area contributed by atoms with Gasteiger partial charge in [-0.15, -0.1) is 0 Å². The van der Waals surface area contributed by atoms with Gasteiger partial charge in [-0.2, -0.15) is 0 Å². The van der Waals surface area contributed by atoms with Gasteiger partial charge in [-0.3, -0.25) is 9.89 Å². The fourth-order valence-corrected chi connectivity index (χ4v) is 3.55. The minimum absolute atomic E-state index is 0.0764. The highest BCUT2D eigenvalue weighted by Gasteiger charge is 2.28. The maximum Gasteiger partial charge on any atom is 0.161 e. The Morgan fingerprint density at radius 1 is 1.12 bits per heavy atom. The van der Waals surface area contributed by atoms with Crippen molar-refractivity contribution in [1.29, 1.82) is 0 Å². The zero-order valence-electron chi connectivity index (χ0n) is 15.2. The first-order valence-electron chi connectivity index (χ1n) is 8.66. The van der Waals surface area contributed by atoms with E-state index in [1.807, 2.05) is 0 Å². The van der Waals surface area contributed by atoms with Crippen molar-refractivity contribution in [2.24, 2.45) is 4.99 Å². The van der Waals surface area contributed by atoms with Crippen molar-refractivity contribution in [3.8, 4) is 11.5 Å². The fraction of sp³-hybridized carbons (Fsp3) is 0.632. The second-order valence-electron chi connectivity index (χ2n) is 7.12. The van der Waals surface area contributed by atoms with Gasteiger partial charge in [0, 0.05) is 37.3 Å². The van der Waals surface area contributed by atoms with Crippen molar-refractivity contribution in [2.75, 3.05) is 47.1 Å². The maximum atomic E-state index is 5.49. The molecule has 0 unspecified atom stereocenters. The molecule has 1 saturated heterocycles. The molecule has 5 heteroatoms. The summed E-state index contributed by atoms with van der Waals surface area (Å²) in [6.07, 6.45) is 1.87. The third-order valence-electron chi connectivity index (χ3n) is 4.75. The Kier molecular flexibility index (Phi) is 5.11. The third kappa shape index (κ3) is 3.73. The van der Waals surface area contributed by atoms with Crippen molar-refractivity contribution in [3.05, 3.63) is 23.3 Å². The lowest BCUT2D eigenvalue weighted by molar-refractivity contribution is 0.0392. The number of methoxy groups -OCH3 is 2. The summed E-state index contributed by atoms with van der Waals surface area (Å²) in [6, 6.07) is 4.20. The largest absolute Gasteiger partial charge is 0.493 e. The lowest BCUT2D eigenvalue weighted by Crippen LogP contribution is -2.38. The van der Waals surface area contributed by atoms with Gasteiger partial charge in [-0.25, -0.2) is 0 Å². The molecule has 0 aliphatic carbocycles. The molecule has 0 N–H and O–H groups in total. The normalized spacial score (nSPS) is 20.2. The average molecular weight is 332 g/mol. The van der Waals surface area contributed by atoms with E-state index in [1.54, 1.807) is 14.2 Å². The zero-order chi connectivity index (χ0) is 17.2. The van der Waals surface area contributed by atoms with E-state index in [9.17, 15) is 0 Å². The first-order valence-corrected chi connectivity index (χ1v) is 8.66. The number of nitrogens with zero attached hydrogens (tertiary/aromatic N) is 2. The quantitative estimate of drug-likeness (QED) is 0.831. The SMILES string of the molecule is COc1cc2c(cc1OC)C(CCN1CCOCC1)=NC(C)(C)C2. The van der Waals surface area contributed by atoms with Crippen LogP contribution in [0.1, 0.15) is 31.4 Å². The second-order valence-corrected chi connectivity index (χ2v) is 7.12. The molecule has 2 aliphatic rings. The molecule has 132 valence electrons. The van der Waals surface area contributed by atoms with Gasteiger partial charge in [-0.1, -0.05) is 0 Å². The number of rotatable bonds is 5. The van der Waals surface area contributed by atoms with Gasteiger partial charge in [0.25, 0.3) is 0 Å². The highest BCUT2D eigenvalue weighted by atomic mass is 16.5. The van der Waals surface area contributed by atoms with E-state index in [0.29, 0.717) is 0 Å². The molecule has 1 aromatic carbocycles. The summed E-state index contributed by atoms with van der Waals surface area (Å²) < 4.78 is 16.4. The van der Waals surface area contributed by atoms with E-state index in [4.69, 9.17) is 19.2 Å². The van der Waals surface area contributed by atoms with Crippen LogP contribution in [0, 0.1) is 0 Å². The number of hydrogen-bond donors (Lipinski definition) is 0. The average Bonchev–Trinajstić information content (AvgIpc) is 2.58. The second kappa shape index (κ2) is 7.11. The van der Waals surface area contributed by atoms with Crippen molar-refractivity contribution in [3.63, 3.8) is 0 Å². The predicted octanol–water partition coefficient (Wildman–Crippen LogP) is 2.55. The molecular weight excluding hydrogens is 304 g/mol. The number of fused-ring (bicyclic) bond motifs is 1. The standard InChI is InChI=1S/C19H28N2O3/c1-19(2)13-14-11-17(22-3)18(23-4)12-15(14)16(20-19)5-6-21-7-9-24-10-8-21/h11-12H,5-10,13H2,1-4H3. The van der Waals surface area contributed by atoms with Gasteiger partial charge in [0.1, 0.15) is 0 Å². The smallest absolute Gasteiger partial charge is 0.161 e. The number of benzene rings is 1. The van der Waals surface area contributed by atoms with E-state index in [-0.39, 0.29) is 5.54 Å². The fourth-order valence-electron chi connectivity index (χ4n) is 3.55. The van der Waals surface area contributed by atoms with Crippen LogP contribution in [0.5, 0.6) is 11.5 Å². The summed E-state index contributed by atoms with van der Waals surface area (Å²) in [6.45, 7) is 9.10. The number of hydrogen-bond acceptors (Lipinski definition) is 5. The molecule has 1 fully saturated rings. The minimum atomic E-state index is -0.0764. The molecule has 24 heavy (non-hydrogen) atoms. The monoisotopic (exact) mass is 332 g/mol. The third-order valence-corrected chi connectivity index (χ3v) is 4.75. The number of aliphatic imine (C=N–C) groups is 1. The first kappa shape index (κ1) is 17.2. The molecule has 0 saturated carbocycles. The Hall–Kier alpha value is -1.59. The Labute approximate surface area is 144 Å². The highest BCUT2D eigenvalue weighted by Crippen LogP contribution is 2.36. The van der Waals surface area contributed by atoms with Crippen molar-refractivity contribution in [1.82, 2.24) is 4.90 Å². The molecule has 2 heterocycles. The lowest BCUT2D eigenvalue weighted by Gasteiger charge is -2.32. The van der Waals surface area contributed by atoms with Crippen LogP contribution in [0.3, 0.4) is 0 Å². The van der Waals surface area contributed by atoms with Gasteiger partial charge >= 0.3 is 0 Å². The Bertz CT molecular complexity index is 619. The summed E-state index contributed by atoms with van der Waals surface area (Å²) in [5.74, 6) is 1.57. The van der Waals surface area contributed by atoms with Crippen LogP contribution < -0.4 is 9.47 Å². The minimum Gasteiger partial charge on any atom is -0.493 e. The lowest BCUT2D eigenvalue weighted by atomic mass is 9.85. The van der Waals surface area contributed by atoms with Crippen molar-refractivity contribution >= 4 is 5.71 Å². The Balaban J connectivity index is 1.86. The summed E-state index contributed by atoms with van der Waals surface area (Å²) >= 11 is 0. The van der Waals surface area contributed by atoms with Gasteiger partial charge in [0.05, 0.1) is 33.0 Å². The van der Waals surface area contributed by atoms with Gasteiger partial charge in [-0.05, 0) is 38.0 Å². The van der Waals surface area contributed by atoms with Crippen LogP contribution in [0.15, 0.2) is 17.1 Å². The molecule has 0 amide bonds. The zero-order valence-corrected chi connectivity index (χ0v) is 15.2. The Morgan fingerprint density at radius 2 is 1.79 bits per heavy atom. The van der Waals surface area contributed by atoms with Crippen LogP contribution >= 0.6 is 0 Å². The van der Waals surface area contributed by atoms with Crippen molar-refractivity contribution in [2.45, 2.75) is 32.2 Å². The molecule has 0 bridgehead atoms. The van der Waals surface area contributed by atoms with E-state index < -0.39 is 0 Å². The van der Waals surface area contributed by atoms with Crippen LogP contribution in [0.2, 0.25) is 0 Å². The Morgan fingerprint density at radius 3 is 2.46 bits per heavy atom. The van der Waals surface area contributed by atoms with Crippen LogP contribution in [0.4, 0.5) is 0 Å². The van der Waals surface area contributed by atoms with E-state index in [1.165, 1.54) is 16.8 Å². The summed E-state index contributed by atoms with van der Waals surface area (Å²) in [5.41, 5.74) is 3.60. The molecular formula is C19H28N2O3. The number of morpholine rings is 1. The topological polar surface area (TPSA) is 43.3 Å².